The van der Waals surface area contributed by atoms with Crippen LogP contribution in [-0.4, -0.2) is 9.97 Å². The Hall–Kier alpha value is -2.99. The molecule has 0 amide bonds. The van der Waals surface area contributed by atoms with Crippen LogP contribution >= 0.6 is 11.3 Å². The Morgan fingerprint density at radius 1 is 0.778 bits per heavy atom. The summed E-state index contributed by atoms with van der Waals surface area (Å²) in [5.74, 6) is 0. The molecule has 3 aromatic carbocycles. The molecule has 2 heterocycles. The number of alkyl halides is 3. The summed E-state index contributed by atoms with van der Waals surface area (Å²) in [5, 5.41) is 2.13. The molecule has 27 heavy (non-hydrogen) atoms. The van der Waals surface area contributed by atoms with Gasteiger partial charge in [0, 0.05) is 10.1 Å². The van der Waals surface area contributed by atoms with Crippen LogP contribution in [0.3, 0.4) is 0 Å². The summed E-state index contributed by atoms with van der Waals surface area (Å²) in [6.45, 7) is 0. The SMILES string of the molecule is FC(F)(F)c1c2ccccc2cc2c(-c3cc4ccccc4s3)ncnc12. The van der Waals surface area contributed by atoms with E-state index in [1.54, 1.807) is 24.3 Å². The lowest BCUT2D eigenvalue weighted by atomic mass is 9.98. The highest BCUT2D eigenvalue weighted by Crippen LogP contribution is 2.42. The summed E-state index contributed by atoms with van der Waals surface area (Å²) < 4.78 is 42.7. The van der Waals surface area contributed by atoms with E-state index in [4.69, 9.17) is 0 Å². The first-order chi connectivity index (χ1) is 13.0. The van der Waals surface area contributed by atoms with Crippen molar-refractivity contribution in [2.24, 2.45) is 0 Å². The highest BCUT2D eigenvalue weighted by atomic mass is 32.1. The fourth-order valence-corrected chi connectivity index (χ4v) is 4.52. The van der Waals surface area contributed by atoms with Gasteiger partial charge in [0.2, 0.25) is 0 Å². The zero-order valence-electron chi connectivity index (χ0n) is 13.8. The van der Waals surface area contributed by atoms with E-state index in [0.29, 0.717) is 16.5 Å². The van der Waals surface area contributed by atoms with Crippen molar-refractivity contribution >= 4 is 43.1 Å². The molecular formula is C21H11F3N2S. The molecule has 0 saturated carbocycles. The van der Waals surface area contributed by atoms with E-state index >= 15 is 0 Å². The maximum atomic E-state index is 13.9. The molecule has 0 aliphatic rings. The smallest absolute Gasteiger partial charge is 0.236 e. The Morgan fingerprint density at radius 2 is 1.52 bits per heavy atom. The van der Waals surface area contributed by atoms with Crippen molar-refractivity contribution in [3.63, 3.8) is 0 Å². The second-order valence-electron chi connectivity index (χ2n) is 6.24. The first kappa shape index (κ1) is 16.2. The second-order valence-corrected chi connectivity index (χ2v) is 7.32. The maximum Gasteiger partial charge on any atom is 0.419 e. The molecule has 0 spiro atoms. The third kappa shape index (κ3) is 2.56. The van der Waals surface area contributed by atoms with Gasteiger partial charge in [-0.1, -0.05) is 42.5 Å². The normalized spacial score (nSPS) is 12.3. The lowest BCUT2D eigenvalue weighted by molar-refractivity contribution is -0.135. The van der Waals surface area contributed by atoms with Crippen LogP contribution in [0.5, 0.6) is 0 Å². The highest BCUT2D eigenvalue weighted by molar-refractivity contribution is 7.22. The van der Waals surface area contributed by atoms with Gasteiger partial charge in [-0.05, 0) is 34.4 Å². The number of thiophene rings is 1. The van der Waals surface area contributed by atoms with Gasteiger partial charge < -0.3 is 0 Å². The molecule has 5 aromatic rings. The minimum atomic E-state index is -4.51. The van der Waals surface area contributed by atoms with Crippen molar-refractivity contribution in [1.29, 1.82) is 0 Å². The molecule has 5 rings (SSSR count). The van der Waals surface area contributed by atoms with E-state index in [1.807, 2.05) is 30.3 Å². The molecule has 0 radical (unpaired) electrons. The highest BCUT2D eigenvalue weighted by Gasteiger charge is 2.36. The predicted molar refractivity (Wildman–Crippen MR) is 103 cm³/mol. The van der Waals surface area contributed by atoms with Crippen molar-refractivity contribution in [2.45, 2.75) is 6.18 Å². The fraction of sp³-hybridized carbons (Fsp3) is 0.0476. The van der Waals surface area contributed by atoms with Gasteiger partial charge >= 0.3 is 6.18 Å². The van der Waals surface area contributed by atoms with Crippen molar-refractivity contribution < 1.29 is 13.2 Å². The van der Waals surface area contributed by atoms with Gasteiger partial charge in [0.05, 0.1) is 21.7 Å². The predicted octanol–water partition coefficient (Wildman–Crippen LogP) is 6.68. The monoisotopic (exact) mass is 380 g/mol. The third-order valence-corrected chi connectivity index (χ3v) is 5.72. The van der Waals surface area contributed by atoms with Crippen LogP contribution in [0.1, 0.15) is 5.56 Å². The Bertz CT molecular complexity index is 1290. The fourth-order valence-electron chi connectivity index (χ4n) is 3.45. The van der Waals surface area contributed by atoms with Gasteiger partial charge in [0.1, 0.15) is 6.33 Å². The number of hydrogen-bond donors (Lipinski definition) is 0. The van der Waals surface area contributed by atoms with Gasteiger partial charge in [-0.15, -0.1) is 11.3 Å². The molecular weight excluding hydrogens is 369 g/mol. The molecule has 0 aliphatic carbocycles. The minimum absolute atomic E-state index is 0.0661. The van der Waals surface area contributed by atoms with Gasteiger partial charge in [-0.3, -0.25) is 0 Å². The third-order valence-electron chi connectivity index (χ3n) is 4.59. The van der Waals surface area contributed by atoms with Crippen LogP contribution in [0.4, 0.5) is 13.2 Å². The minimum Gasteiger partial charge on any atom is -0.236 e. The maximum absolute atomic E-state index is 13.9. The molecule has 0 atom stereocenters. The zero-order valence-corrected chi connectivity index (χ0v) is 14.6. The molecule has 132 valence electrons. The van der Waals surface area contributed by atoms with Crippen LogP contribution in [0.15, 0.2) is 67.0 Å². The van der Waals surface area contributed by atoms with Crippen molar-refractivity contribution in [1.82, 2.24) is 9.97 Å². The lowest BCUT2D eigenvalue weighted by Gasteiger charge is -2.14. The molecule has 0 bridgehead atoms. The number of aromatic nitrogens is 2. The number of fused-ring (bicyclic) bond motifs is 3. The summed E-state index contributed by atoms with van der Waals surface area (Å²) in [4.78, 5) is 9.17. The van der Waals surface area contributed by atoms with E-state index < -0.39 is 11.7 Å². The number of benzene rings is 3. The standard InChI is InChI=1S/C21H11F3N2S/c22-21(23,24)18-14-7-3-1-5-12(14)9-15-19(25-11-26-20(15)18)17-10-13-6-2-4-8-16(13)27-17/h1-11H. The molecule has 2 nitrogen and oxygen atoms in total. The van der Waals surface area contributed by atoms with Crippen molar-refractivity contribution in [3.05, 3.63) is 72.6 Å². The van der Waals surface area contributed by atoms with Crippen molar-refractivity contribution in [3.8, 4) is 10.6 Å². The Kier molecular flexibility index (Phi) is 3.45. The second kappa shape index (κ2) is 5.76. The van der Waals surface area contributed by atoms with Gasteiger partial charge in [-0.25, -0.2) is 9.97 Å². The number of nitrogens with zero attached hydrogens (tertiary/aromatic N) is 2. The van der Waals surface area contributed by atoms with E-state index in [1.165, 1.54) is 23.7 Å². The van der Waals surface area contributed by atoms with Gasteiger partial charge in [0.25, 0.3) is 0 Å². The zero-order chi connectivity index (χ0) is 18.6. The van der Waals surface area contributed by atoms with Crippen LogP contribution < -0.4 is 0 Å². The Morgan fingerprint density at radius 3 is 2.30 bits per heavy atom. The Labute approximate surface area is 155 Å². The average molecular weight is 380 g/mol. The lowest BCUT2D eigenvalue weighted by Crippen LogP contribution is -2.08. The van der Waals surface area contributed by atoms with E-state index in [-0.39, 0.29) is 10.9 Å². The largest absolute Gasteiger partial charge is 0.419 e. The molecule has 0 N–H and O–H groups in total. The van der Waals surface area contributed by atoms with E-state index in [9.17, 15) is 13.2 Å². The van der Waals surface area contributed by atoms with E-state index in [2.05, 4.69) is 9.97 Å². The van der Waals surface area contributed by atoms with Crippen LogP contribution in [-0.2, 0) is 6.18 Å². The summed E-state index contributed by atoms with van der Waals surface area (Å²) in [6.07, 6.45) is -3.29. The van der Waals surface area contributed by atoms with Crippen LogP contribution in [0, 0.1) is 0 Å². The quantitative estimate of drug-likeness (QED) is 0.303. The first-order valence-electron chi connectivity index (χ1n) is 8.25. The summed E-state index contributed by atoms with van der Waals surface area (Å²) >= 11 is 1.51. The molecule has 0 saturated heterocycles. The number of hydrogen-bond acceptors (Lipinski definition) is 3. The van der Waals surface area contributed by atoms with Gasteiger partial charge in [0.15, 0.2) is 0 Å². The van der Waals surface area contributed by atoms with Crippen LogP contribution in [0.2, 0.25) is 0 Å². The Balaban J connectivity index is 1.91. The topological polar surface area (TPSA) is 25.8 Å². The first-order valence-corrected chi connectivity index (χ1v) is 9.06. The number of halogens is 3. The molecule has 0 fully saturated rings. The molecule has 2 aromatic heterocycles. The summed E-state index contributed by atoms with van der Waals surface area (Å²) in [6, 6.07) is 18.1. The van der Waals surface area contributed by atoms with Crippen molar-refractivity contribution in [2.75, 3.05) is 0 Å². The molecule has 0 unspecified atom stereocenters. The number of rotatable bonds is 1. The van der Waals surface area contributed by atoms with Gasteiger partial charge in [-0.2, -0.15) is 13.2 Å². The average Bonchev–Trinajstić information content (AvgIpc) is 3.08. The van der Waals surface area contributed by atoms with Crippen LogP contribution in [0.25, 0.3) is 42.3 Å². The molecule has 0 aliphatic heterocycles. The summed E-state index contributed by atoms with van der Waals surface area (Å²) in [5.41, 5.74) is -0.249. The molecule has 6 heteroatoms. The summed E-state index contributed by atoms with van der Waals surface area (Å²) in [7, 11) is 0. The van der Waals surface area contributed by atoms with E-state index in [0.717, 1.165) is 15.0 Å².